The average Bonchev–Trinajstić information content (AvgIpc) is 1.96. The van der Waals surface area contributed by atoms with Crippen LogP contribution in [0.3, 0.4) is 0 Å². The van der Waals surface area contributed by atoms with Crippen molar-refractivity contribution in [2.45, 2.75) is 45.3 Å². The van der Waals surface area contributed by atoms with Crippen LogP contribution in [-0.2, 0) is 0 Å². The summed E-state index contributed by atoms with van der Waals surface area (Å²) in [6.45, 7) is 9.88. The Morgan fingerprint density at radius 1 is 1.14 bits per heavy atom. The van der Waals surface area contributed by atoms with E-state index < -0.39 is 5.60 Å². The first-order chi connectivity index (χ1) is 6.15. The highest BCUT2D eigenvalue weighted by Gasteiger charge is 2.20. The number of nitrogens with zero attached hydrogens (tertiary/aromatic N) is 1. The monoisotopic (exact) mass is 202 g/mol. The summed E-state index contributed by atoms with van der Waals surface area (Å²) in [5.74, 6) is 0. The number of likely N-dealkylation sites (N-methyl/N-ethyl adjacent to an activating group) is 1. The van der Waals surface area contributed by atoms with Gasteiger partial charge < -0.3 is 15.3 Å². The largest absolute Gasteiger partial charge is 0.390 e. The van der Waals surface area contributed by atoms with Gasteiger partial charge in [-0.1, -0.05) is 0 Å². The predicted molar refractivity (Wildman–Crippen MR) is 61.6 cm³/mol. The van der Waals surface area contributed by atoms with Gasteiger partial charge in [-0.2, -0.15) is 0 Å². The van der Waals surface area contributed by atoms with Crippen LogP contribution in [0.5, 0.6) is 0 Å². The topological polar surface area (TPSA) is 35.5 Å². The number of aliphatic hydroxyl groups is 1. The van der Waals surface area contributed by atoms with E-state index in [0.29, 0.717) is 0 Å². The SMILES string of the molecule is CN(C)C(C)(C)CNCCC(C)(C)O. The zero-order valence-corrected chi connectivity index (χ0v) is 10.5. The summed E-state index contributed by atoms with van der Waals surface area (Å²) < 4.78 is 0. The van der Waals surface area contributed by atoms with Gasteiger partial charge in [0, 0.05) is 12.1 Å². The highest BCUT2D eigenvalue weighted by molar-refractivity contribution is 4.80. The van der Waals surface area contributed by atoms with Crippen molar-refractivity contribution in [3.8, 4) is 0 Å². The number of hydrogen-bond donors (Lipinski definition) is 2. The van der Waals surface area contributed by atoms with Crippen LogP contribution in [0.4, 0.5) is 0 Å². The maximum Gasteiger partial charge on any atom is 0.0603 e. The summed E-state index contributed by atoms with van der Waals surface area (Å²) in [5.41, 5.74) is -0.394. The summed E-state index contributed by atoms with van der Waals surface area (Å²) in [4.78, 5) is 2.20. The Bertz CT molecular complexity index is 159. The quantitative estimate of drug-likeness (QED) is 0.633. The fourth-order valence-electron chi connectivity index (χ4n) is 0.947. The zero-order chi connectivity index (χ0) is 11.4. The molecule has 3 nitrogen and oxygen atoms in total. The van der Waals surface area contributed by atoms with Crippen molar-refractivity contribution in [1.29, 1.82) is 0 Å². The van der Waals surface area contributed by atoms with Gasteiger partial charge in [0.1, 0.15) is 0 Å². The molecule has 0 aliphatic carbocycles. The fraction of sp³-hybridized carbons (Fsp3) is 1.00. The normalized spacial score (nSPS) is 13.7. The van der Waals surface area contributed by atoms with E-state index in [1.807, 2.05) is 13.8 Å². The molecule has 0 spiro atoms. The minimum absolute atomic E-state index is 0.166. The lowest BCUT2D eigenvalue weighted by Crippen LogP contribution is -2.47. The third-order valence-electron chi connectivity index (χ3n) is 2.68. The molecule has 0 aromatic heterocycles. The molecule has 0 radical (unpaired) electrons. The van der Waals surface area contributed by atoms with Crippen LogP contribution in [0, 0.1) is 0 Å². The minimum atomic E-state index is -0.560. The number of hydrogen-bond acceptors (Lipinski definition) is 3. The van der Waals surface area contributed by atoms with Gasteiger partial charge in [0.25, 0.3) is 0 Å². The maximum atomic E-state index is 9.51. The van der Waals surface area contributed by atoms with Crippen molar-refractivity contribution in [3.05, 3.63) is 0 Å². The van der Waals surface area contributed by atoms with Crippen molar-refractivity contribution >= 4 is 0 Å². The van der Waals surface area contributed by atoms with Crippen molar-refractivity contribution in [1.82, 2.24) is 10.2 Å². The lowest BCUT2D eigenvalue weighted by Gasteiger charge is -2.33. The standard InChI is InChI=1S/C11H26N2O/c1-10(2,13(5)6)9-12-8-7-11(3,4)14/h12,14H,7-9H2,1-6H3. The van der Waals surface area contributed by atoms with E-state index in [0.717, 1.165) is 19.5 Å². The third kappa shape index (κ3) is 6.35. The van der Waals surface area contributed by atoms with Gasteiger partial charge in [-0.05, 0) is 54.8 Å². The van der Waals surface area contributed by atoms with Gasteiger partial charge in [-0.25, -0.2) is 0 Å². The van der Waals surface area contributed by atoms with E-state index in [2.05, 4.69) is 38.2 Å². The molecule has 0 saturated carbocycles. The van der Waals surface area contributed by atoms with Crippen LogP contribution in [0.15, 0.2) is 0 Å². The zero-order valence-electron chi connectivity index (χ0n) is 10.5. The van der Waals surface area contributed by atoms with E-state index in [1.54, 1.807) is 0 Å². The van der Waals surface area contributed by atoms with Crippen molar-refractivity contribution in [2.75, 3.05) is 27.2 Å². The smallest absolute Gasteiger partial charge is 0.0603 e. The van der Waals surface area contributed by atoms with Crippen LogP contribution in [0.1, 0.15) is 34.1 Å². The van der Waals surface area contributed by atoms with E-state index in [1.165, 1.54) is 0 Å². The molecule has 2 N–H and O–H groups in total. The van der Waals surface area contributed by atoms with Crippen molar-refractivity contribution < 1.29 is 5.11 Å². The first-order valence-electron chi connectivity index (χ1n) is 5.26. The Morgan fingerprint density at radius 2 is 1.64 bits per heavy atom. The van der Waals surface area contributed by atoms with Crippen LogP contribution in [-0.4, -0.2) is 48.3 Å². The Kier molecular flexibility index (Phi) is 5.06. The molecule has 0 rings (SSSR count). The van der Waals surface area contributed by atoms with Crippen LogP contribution < -0.4 is 5.32 Å². The highest BCUT2D eigenvalue weighted by Crippen LogP contribution is 2.09. The molecule has 0 aliphatic rings. The summed E-state index contributed by atoms with van der Waals surface area (Å²) in [6.07, 6.45) is 0.788. The second-order valence-corrected chi connectivity index (χ2v) is 5.45. The molecule has 0 atom stereocenters. The predicted octanol–water partition coefficient (Wildman–Crippen LogP) is 1.08. The molecule has 0 saturated heterocycles. The van der Waals surface area contributed by atoms with E-state index in [9.17, 15) is 5.11 Å². The summed E-state index contributed by atoms with van der Waals surface area (Å²) in [5, 5.41) is 12.9. The minimum Gasteiger partial charge on any atom is -0.390 e. The van der Waals surface area contributed by atoms with Gasteiger partial charge in [0.05, 0.1) is 5.60 Å². The van der Waals surface area contributed by atoms with Gasteiger partial charge in [-0.3, -0.25) is 0 Å². The Hall–Kier alpha value is -0.120. The molecule has 0 heterocycles. The summed E-state index contributed by atoms with van der Waals surface area (Å²) in [6, 6.07) is 0. The fourth-order valence-corrected chi connectivity index (χ4v) is 0.947. The first-order valence-corrected chi connectivity index (χ1v) is 5.26. The van der Waals surface area contributed by atoms with E-state index in [4.69, 9.17) is 0 Å². The van der Waals surface area contributed by atoms with Crippen molar-refractivity contribution in [2.24, 2.45) is 0 Å². The molecule has 3 heteroatoms. The second-order valence-electron chi connectivity index (χ2n) is 5.45. The van der Waals surface area contributed by atoms with E-state index >= 15 is 0 Å². The van der Waals surface area contributed by atoms with Gasteiger partial charge in [0.15, 0.2) is 0 Å². The second kappa shape index (κ2) is 5.10. The molecule has 0 bridgehead atoms. The molecule has 14 heavy (non-hydrogen) atoms. The van der Waals surface area contributed by atoms with Crippen LogP contribution in [0.2, 0.25) is 0 Å². The van der Waals surface area contributed by atoms with Gasteiger partial charge in [-0.15, -0.1) is 0 Å². The van der Waals surface area contributed by atoms with Crippen LogP contribution in [0.25, 0.3) is 0 Å². The molecule has 0 aliphatic heterocycles. The maximum absolute atomic E-state index is 9.51. The summed E-state index contributed by atoms with van der Waals surface area (Å²) >= 11 is 0. The number of nitrogens with one attached hydrogen (secondary N) is 1. The molecule has 0 fully saturated rings. The molecule has 0 amide bonds. The first kappa shape index (κ1) is 13.9. The third-order valence-corrected chi connectivity index (χ3v) is 2.68. The van der Waals surface area contributed by atoms with Gasteiger partial charge in [0.2, 0.25) is 0 Å². The lowest BCUT2D eigenvalue weighted by atomic mass is 10.0. The van der Waals surface area contributed by atoms with Crippen molar-refractivity contribution in [3.63, 3.8) is 0 Å². The van der Waals surface area contributed by atoms with E-state index in [-0.39, 0.29) is 5.54 Å². The molecular formula is C11H26N2O. The number of rotatable bonds is 6. The molecule has 86 valence electrons. The van der Waals surface area contributed by atoms with Crippen LogP contribution >= 0.6 is 0 Å². The summed E-state index contributed by atoms with van der Waals surface area (Å²) in [7, 11) is 4.16. The molecule has 0 aromatic carbocycles. The lowest BCUT2D eigenvalue weighted by molar-refractivity contribution is 0.0697. The van der Waals surface area contributed by atoms with Gasteiger partial charge >= 0.3 is 0 Å². The molecule has 0 aromatic rings. The highest BCUT2D eigenvalue weighted by atomic mass is 16.3. The molecule has 0 unspecified atom stereocenters. The Labute approximate surface area is 88.5 Å². The average molecular weight is 202 g/mol. The molecular weight excluding hydrogens is 176 g/mol. The Morgan fingerprint density at radius 3 is 2.00 bits per heavy atom. The Balaban J connectivity index is 3.65.